The van der Waals surface area contributed by atoms with Crippen LogP contribution in [0.1, 0.15) is 28.4 Å². The highest BCUT2D eigenvalue weighted by molar-refractivity contribution is 7.13. The van der Waals surface area contributed by atoms with E-state index < -0.39 is 0 Å². The summed E-state index contributed by atoms with van der Waals surface area (Å²) in [6.45, 7) is 2.06. The lowest BCUT2D eigenvalue weighted by Gasteiger charge is -2.20. The van der Waals surface area contributed by atoms with Crippen molar-refractivity contribution in [1.29, 1.82) is 0 Å². The maximum atomic E-state index is 12.9. The van der Waals surface area contributed by atoms with Crippen LogP contribution >= 0.6 is 11.3 Å². The second-order valence-electron chi connectivity index (χ2n) is 7.37. The zero-order valence-electron chi connectivity index (χ0n) is 17.5. The zero-order valence-corrected chi connectivity index (χ0v) is 18.4. The maximum Gasteiger partial charge on any atom is 0.226 e. The van der Waals surface area contributed by atoms with Gasteiger partial charge in [-0.05, 0) is 30.2 Å². The van der Waals surface area contributed by atoms with Crippen LogP contribution in [-0.4, -0.2) is 18.0 Å². The van der Waals surface area contributed by atoms with E-state index in [9.17, 15) is 4.79 Å². The van der Waals surface area contributed by atoms with Gasteiger partial charge in [-0.3, -0.25) is 4.79 Å². The lowest BCUT2D eigenvalue weighted by Crippen LogP contribution is -2.30. The molecule has 3 aromatic carbocycles. The molecule has 156 valence electrons. The average molecular weight is 429 g/mol. The zero-order chi connectivity index (χ0) is 21.6. The summed E-state index contributed by atoms with van der Waals surface area (Å²) >= 11 is 1.56. The summed E-state index contributed by atoms with van der Waals surface area (Å²) in [5.74, 6) is 0.721. The number of thiazole rings is 1. The van der Waals surface area contributed by atoms with Gasteiger partial charge >= 0.3 is 0 Å². The predicted molar refractivity (Wildman–Crippen MR) is 125 cm³/mol. The van der Waals surface area contributed by atoms with Crippen LogP contribution in [0.25, 0.3) is 10.6 Å². The Balaban J connectivity index is 1.50. The van der Waals surface area contributed by atoms with Crippen molar-refractivity contribution >= 4 is 17.2 Å². The van der Waals surface area contributed by atoms with E-state index >= 15 is 0 Å². The molecule has 0 aliphatic heterocycles. The smallest absolute Gasteiger partial charge is 0.226 e. The van der Waals surface area contributed by atoms with Crippen molar-refractivity contribution in [2.24, 2.45) is 0 Å². The van der Waals surface area contributed by atoms with E-state index in [4.69, 9.17) is 4.74 Å². The fourth-order valence-electron chi connectivity index (χ4n) is 3.39. The number of nitrogens with one attached hydrogen (secondary N) is 1. The van der Waals surface area contributed by atoms with Crippen LogP contribution in [0, 0.1) is 6.92 Å². The molecule has 1 N–H and O–H groups in total. The van der Waals surface area contributed by atoms with E-state index in [1.165, 1.54) is 5.56 Å². The molecule has 0 fully saturated rings. The Bertz CT molecular complexity index is 1140. The number of benzene rings is 3. The van der Waals surface area contributed by atoms with Gasteiger partial charge in [-0.15, -0.1) is 11.3 Å². The fraction of sp³-hybridized carbons (Fsp3) is 0.154. The van der Waals surface area contributed by atoms with Crippen molar-refractivity contribution in [2.75, 3.05) is 7.11 Å². The van der Waals surface area contributed by atoms with E-state index in [1.54, 1.807) is 18.4 Å². The molecule has 1 amide bonds. The molecule has 0 spiro atoms. The lowest BCUT2D eigenvalue weighted by molar-refractivity contribution is -0.121. The molecule has 5 heteroatoms. The lowest BCUT2D eigenvalue weighted by atomic mass is 9.98. The Hall–Kier alpha value is -3.44. The van der Waals surface area contributed by atoms with Crippen molar-refractivity contribution in [3.63, 3.8) is 0 Å². The molecule has 0 saturated heterocycles. The van der Waals surface area contributed by atoms with E-state index in [-0.39, 0.29) is 18.4 Å². The minimum absolute atomic E-state index is 0.0644. The number of nitrogens with zero attached hydrogens (tertiary/aromatic N) is 1. The second kappa shape index (κ2) is 9.58. The molecule has 4 aromatic rings. The summed E-state index contributed by atoms with van der Waals surface area (Å²) in [5, 5.41) is 6.06. The van der Waals surface area contributed by atoms with Gasteiger partial charge in [0, 0.05) is 10.9 Å². The normalized spacial score (nSPS) is 11.7. The van der Waals surface area contributed by atoms with Crippen LogP contribution in [0.3, 0.4) is 0 Å². The van der Waals surface area contributed by atoms with Crippen LogP contribution < -0.4 is 10.1 Å². The van der Waals surface area contributed by atoms with Crippen LogP contribution in [0.2, 0.25) is 0 Å². The van der Waals surface area contributed by atoms with Crippen molar-refractivity contribution in [2.45, 2.75) is 19.4 Å². The molecule has 1 heterocycles. The molecule has 1 aromatic heterocycles. The van der Waals surface area contributed by atoms with E-state index in [1.807, 2.05) is 60.0 Å². The number of aryl methyl sites for hydroxylation is 1. The fourth-order valence-corrected chi connectivity index (χ4v) is 4.22. The number of carbonyl (C=O) groups is 1. The van der Waals surface area contributed by atoms with Gasteiger partial charge in [0.1, 0.15) is 10.8 Å². The van der Waals surface area contributed by atoms with E-state index in [0.717, 1.165) is 33.1 Å². The molecular formula is C26H24N2O2S. The summed E-state index contributed by atoms with van der Waals surface area (Å²) in [7, 11) is 1.64. The molecule has 4 rings (SSSR count). The molecule has 4 nitrogen and oxygen atoms in total. The van der Waals surface area contributed by atoms with Crippen molar-refractivity contribution in [3.05, 3.63) is 107 Å². The first-order valence-electron chi connectivity index (χ1n) is 10.1. The molecule has 0 bridgehead atoms. The van der Waals surface area contributed by atoms with Crippen LogP contribution in [0.4, 0.5) is 0 Å². The maximum absolute atomic E-state index is 12.9. The van der Waals surface area contributed by atoms with Gasteiger partial charge in [-0.2, -0.15) is 0 Å². The first-order chi connectivity index (χ1) is 15.1. The van der Waals surface area contributed by atoms with Gasteiger partial charge in [0.15, 0.2) is 0 Å². The minimum Gasteiger partial charge on any atom is -0.497 e. The molecule has 0 aliphatic rings. The molecule has 1 atom stereocenters. The van der Waals surface area contributed by atoms with E-state index in [0.29, 0.717) is 0 Å². The number of hydrogen-bond donors (Lipinski definition) is 1. The Kier molecular flexibility index (Phi) is 6.43. The van der Waals surface area contributed by atoms with Gasteiger partial charge < -0.3 is 10.1 Å². The van der Waals surface area contributed by atoms with E-state index in [2.05, 4.69) is 41.5 Å². The topological polar surface area (TPSA) is 51.2 Å². The number of hydrogen-bond acceptors (Lipinski definition) is 4. The molecule has 1 unspecified atom stereocenters. The van der Waals surface area contributed by atoms with Gasteiger partial charge in [0.05, 0.1) is 25.3 Å². The largest absolute Gasteiger partial charge is 0.497 e. The van der Waals surface area contributed by atoms with Gasteiger partial charge in [0.2, 0.25) is 5.91 Å². The Labute approximate surface area is 186 Å². The predicted octanol–water partition coefficient (Wildman–Crippen LogP) is 5.58. The number of aromatic nitrogens is 1. The summed E-state index contributed by atoms with van der Waals surface area (Å²) in [5.41, 5.74) is 5.09. The minimum atomic E-state index is -0.241. The molecular weight excluding hydrogens is 404 g/mol. The van der Waals surface area contributed by atoms with Gasteiger partial charge in [-0.25, -0.2) is 4.98 Å². The second-order valence-corrected chi connectivity index (χ2v) is 8.23. The summed E-state index contributed by atoms with van der Waals surface area (Å²) in [6, 6.07) is 25.8. The number of ether oxygens (including phenoxy) is 1. The first-order valence-corrected chi connectivity index (χ1v) is 11.0. The number of rotatable bonds is 7. The Morgan fingerprint density at radius 1 is 0.968 bits per heavy atom. The third-order valence-corrected chi connectivity index (χ3v) is 6.02. The van der Waals surface area contributed by atoms with Crippen molar-refractivity contribution < 1.29 is 9.53 Å². The highest BCUT2D eigenvalue weighted by Gasteiger charge is 2.18. The standard InChI is InChI=1S/C26H24N2O2S/c1-18-8-10-21(11-9-18)26-27-22(17-31-26)16-24(29)28-25(19-6-4-3-5-7-19)20-12-14-23(30-2)15-13-20/h3-15,17,25H,16H2,1-2H3,(H,28,29). The molecule has 31 heavy (non-hydrogen) atoms. The summed E-state index contributed by atoms with van der Waals surface area (Å²) in [4.78, 5) is 17.6. The Morgan fingerprint density at radius 3 is 2.32 bits per heavy atom. The quantitative estimate of drug-likeness (QED) is 0.418. The summed E-state index contributed by atoms with van der Waals surface area (Å²) < 4.78 is 5.27. The SMILES string of the molecule is COc1ccc(C(NC(=O)Cc2csc(-c3ccc(C)cc3)n2)c2ccccc2)cc1. The van der Waals surface area contributed by atoms with Gasteiger partial charge in [0.25, 0.3) is 0 Å². The summed E-state index contributed by atoms with van der Waals surface area (Å²) in [6.07, 6.45) is 0.238. The van der Waals surface area contributed by atoms with Crippen LogP contribution in [0.5, 0.6) is 5.75 Å². The first kappa shape index (κ1) is 20.8. The Morgan fingerprint density at radius 2 is 1.65 bits per heavy atom. The average Bonchev–Trinajstić information content (AvgIpc) is 3.27. The number of methoxy groups -OCH3 is 1. The number of amides is 1. The highest BCUT2D eigenvalue weighted by Crippen LogP contribution is 2.26. The van der Waals surface area contributed by atoms with Crippen molar-refractivity contribution in [3.8, 4) is 16.3 Å². The monoisotopic (exact) mass is 428 g/mol. The van der Waals surface area contributed by atoms with Crippen molar-refractivity contribution in [1.82, 2.24) is 10.3 Å². The molecule has 0 saturated carbocycles. The van der Waals surface area contributed by atoms with Crippen LogP contribution in [0.15, 0.2) is 84.2 Å². The van der Waals surface area contributed by atoms with Gasteiger partial charge in [-0.1, -0.05) is 72.3 Å². The molecule has 0 aliphatic carbocycles. The van der Waals surface area contributed by atoms with Crippen LogP contribution in [-0.2, 0) is 11.2 Å². The highest BCUT2D eigenvalue weighted by atomic mass is 32.1. The molecule has 0 radical (unpaired) electrons. The third-order valence-electron chi connectivity index (χ3n) is 5.08. The number of carbonyl (C=O) groups excluding carboxylic acids is 1. The third kappa shape index (κ3) is 5.19.